The molecule has 26 heavy (non-hydrogen) atoms. The normalized spacial score (nSPS) is 11.2. The Balaban J connectivity index is 1.96. The molecular weight excluding hydrogens is 333 g/mol. The number of amides is 2. The number of nitrogens with zero attached hydrogens (tertiary/aromatic N) is 1. The van der Waals surface area contributed by atoms with E-state index >= 15 is 0 Å². The summed E-state index contributed by atoms with van der Waals surface area (Å²) in [6.07, 6.45) is 0.0379. The molecule has 0 saturated carbocycles. The third kappa shape index (κ3) is 5.24. The first-order valence-electron chi connectivity index (χ1n) is 8.23. The maximum atomic E-state index is 13.1. The van der Waals surface area contributed by atoms with Gasteiger partial charge in [-0.05, 0) is 57.0 Å². The van der Waals surface area contributed by atoms with Crippen molar-refractivity contribution in [2.24, 2.45) is 5.10 Å². The second-order valence-electron chi connectivity index (χ2n) is 6.30. The van der Waals surface area contributed by atoms with Gasteiger partial charge in [-0.3, -0.25) is 9.59 Å². The Hall–Kier alpha value is -3.02. The second-order valence-corrected chi connectivity index (χ2v) is 6.30. The third-order valence-electron chi connectivity index (χ3n) is 3.79. The SMILES string of the molecule is C/C(CC(=O)Nc1c(C)cc(C)cc1C)=N/NC(=O)c1cccc(F)c1. The Kier molecular flexibility index (Phi) is 6.22. The van der Waals surface area contributed by atoms with Crippen LogP contribution in [0.25, 0.3) is 0 Å². The lowest BCUT2D eigenvalue weighted by Crippen LogP contribution is -2.22. The molecule has 0 aliphatic carbocycles. The Morgan fingerprint density at radius 1 is 1.08 bits per heavy atom. The van der Waals surface area contributed by atoms with E-state index in [2.05, 4.69) is 15.8 Å². The fourth-order valence-electron chi connectivity index (χ4n) is 2.67. The zero-order chi connectivity index (χ0) is 19.3. The molecular formula is C20H22FN3O2. The minimum atomic E-state index is -0.533. The van der Waals surface area contributed by atoms with Crippen molar-refractivity contribution in [2.45, 2.75) is 34.1 Å². The number of anilines is 1. The van der Waals surface area contributed by atoms with Gasteiger partial charge in [-0.15, -0.1) is 0 Å². The second kappa shape index (κ2) is 8.38. The van der Waals surface area contributed by atoms with Gasteiger partial charge in [-0.1, -0.05) is 23.8 Å². The first-order chi connectivity index (χ1) is 12.3. The number of aryl methyl sites for hydroxylation is 3. The number of hydrazone groups is 1. The highest BCUT2D eigenvalue weighted by Gasteiger charge is 2.10. The predicted molar refractivity (Wildman–Crippen MR) is 101 cm³/mol. The molecule has 6 heteroatoms. The zero-order valence-electron chi connectivity index (χ0n) is 15.3. The summed E-state index contributed by atoms with van der Waals surface area (Å²) >= 11 is 0. The van der Waals surface area contributed by atoms with Crippen molar-refractivity contribution >= 4 is 23.2 Å². The van der Waals surface area contributed by atoms with Crippen LogP contribution in [-0.2, 0) is 4.79 Å². The lowest BCUT2D eigenvalue weighted by atomic mass is 10.0. The van der Waals surface area contributed by atoms with Crippen molar-refractivity contribution in [3.05, 3.63) is 64.5 Å². The molecule has 2 aromatic rings. The number of benzene rings is 2. The van der Waals surface area contributed by atoms with E-state index in [1.807, 2.05) is 32.9 Å². The van der Waals surface area contributed by atoms with Crippen molar-refractivity contribution in [1.29, 1.82) is 0 Å². The Labute approximate surface area is 152 Å². The fraction of sp³-hybridized carbons (Fsp3) is 0.250. The van der Waals surface area contributed by atoms with E-state index in [-0.39, 0.29) is 17.9 Å². The van der Waals surface area contributed by atoms with Crippen molar-refractivity contribution in [3.63, 3.8) is 0 Å². The van der Waals surface area contributed by atoms with Crippen LogP contribution in [0.3, 0.4) is 0 Å². The lowest BCUT2D eigenvalue weighted by Gasteiger charge is -2.12. The van der Waals surface area contributed by atoms with Gasteiger partial charge in [0.25, 0.3) is 5.91 Å². The monoisotopic (exact) mass is 355 g/mol. The van der Waals surface area contributed by atoms with Gasteiger partial charge < -0.3 is 5.32 Å². The zero-order valence-corrected chi connectivity index (χ0v) is 15.3. The average Bonchev–Trinajstić information content (AvgIpc) is 2.56. The molecule has 0 fully saturated rings. The van der Waals surface area contributed by atoms with Crippen LogP contribution in [0.2, 0.25) is 0 Å². The van der Waals surface area contributed by atoms with Crippen molar-refractivity contribution < 1.29 is 14.0 Å². The van der Waals surface area contributed by atoms with Gasteiger partial charge in [-0.25, -0.2) is 9.82 Å². The number of hydrogen-bond donors (Lipinski definition) is 2. The van der Waals surface area contributed by atoms with Crippen LogP contribution < -0.4 is 10.7 Å². The summed E-state index contributed by atoms with van der Waals surface area (Å²) < 4.78 is 13.1. The van der Waals surface area contributed by atoms with Gasteiger partial charge in [0.1, 0.15) is 5.82 Å². The van der Waals surface area contributed by atoms with E-state index in [9.17, 15) is 14.0 Å². The molecule has 0 aliphatic rings. The smallest absolute Gasteiger partial charge is 0.271 e. The van der Waals surface area contributed by atoms with Crippen LogP contribution in [0, 0.1) is 26.6 Å². The summed E-state index contributed by atoms with van der Waals surface area (Å²) in [5, 5.41) is 6.79. The topological polar surface area (TPSA) is 70.6 Å². The van der Waals surface area contributed by atoms with Crippen LogP contribution in [0.5, 0.6) is 0 Å². The van der Waals surface area contributed by atoms with Gasteiger partial charge in [0, 0.05) is 17.0 Å². The number of hydrogen-bond acceptors (Lipinski definition) is 3. The fourth-order valence-corrected chi connectivity index (χ4v) is 2.67. The molecule has 0 atom stereocenters. The molecule has 2 amide bonds. The summed E-state index contributed by atoms with van der Waals surface area (Å²) in [5.41, 5.74) is 6.84. The lowest BCUT2D eigenvalue weighted by molar-refractivity contribution is -0.115. The third-order valence-corrected chi connectivity index (χ3v) is 3.79. The molecule has 2 aromatic carbocycles. The number of carbonyl (C=O) groups excluding carboxylic acids is 2. The molecule has 2 rings (SSSR count). The Bertz CT molecular complexity index is 852. The van der Waals surface area contributed by atoms with Gasteiger partial charge in [-0.2, -0.15) is 5.10 Å². The van der Waals surface area contributed by atoms with Crippen molar-refractivity contribution in [1.82, 2.24) is 5.43 Å². The number of nitrogens with one attached hydrogen (secondary N) is 2. The van der Waals surface area contributed by atoms with E-state index < -0.39 is 11.7 Å². The molecule has 0 bridgehead atoms. The highest BCUT2D eigenvalue weighted by atomic mass is 19.1. The molecule has 0 saturated heterocycles. The van der Waals surface area contributed by atoms with Gasteiger partial charge in [0.15, 0.2) is 0 Å². The van der Waals surface area contributed by atoms with Crippen LogP contribution >= 0.6 is 0 Å². The maximum absolute atomic E-state index is 13.1. The molecule has 0 aliphatic heterocycles. The summed E-state index contributed by atoms with van der Waals surface area (Å²) in [7, 11) is 0. The largest absolute Gasteiger partial charge is 0.325 e. The molecule has 0 spiro atoms. The van der Waals surface area contributed by atoms with Crippen molar-refractivity contribution in [3.8, 4) is 0 Å². The molecule has 0 radical (unpaired) electrons. The average molecular weight is 355 g/mol. The Morgan fingerprint density at radius 3 is 2.35 bits per heavy atom. The first-order valence-corrected chi connectivity index (χ1v) is 8.23. The number of rotatable bonds is 5. The van der Waals surface area contributed by atoms with E-state index in [4.69, 9.17) is 0 Å². The minimum absolute atomic E-state index is 0.0379. The number of carbonyl (C=O) groups is 2. The number of halogens is 1. The van der Waals surface area contributed by atoms with E-state index in [0.717, 1.165) is 28.4 Å². The first kappa shape index (κ1) is 19.3. The molecule has 5 nitrogen and oxygen atoms in total. The molecule has 136 valence electrons. The molecule has 0 aromatic heterocycles. The van der Waals surface area contributed by atoms with Gasteiger partial charge in [0.05, 0.1) is 6.42 Å². The summed E-state index contributed by atoms with van der Waals surface area (Å²) in [5.74, 6) is -1.25. The standard InChI is InChI=1S/C20H22FN3O2/c1-12-8-13(2)19(14(3)9-12)22-18(25)10-15(4)23-24-20(26)16-6-5-7-17(21)11-16/h5-9,11H,10H2,1-4H3,(H,22,25)(H,24,26)/b23-15-. The Morgan fingerprint density at radius 2 is 1.73 bits per heavy atom. The predicted octanol–water partition coefficient (Wildman–Crippen LogP) is 3.89. The van der Waals surface area contributed by atoms with Gasteiger partial charge >= 0.3 is 0 Å². The van der Waals surface area contributed by atoms with Crippen molar-refractivity contribution in [2.75, 3.05) is 5.32 Å². The van der Waals surface area contributed by atoms with E-state index in [1.54, 1.807) is 6.92 Å². The van der Waals surface area contributed by atoms with E-state index in [1.165, 1.54) is 18.2 Å². The van der Waals surface area contributed by atoms with Crippen LogP contribution in [-0.4, -0.2) is 17.5 Å². The molecule has 0 heterocycles. The summed E-state index contributed by atoms with van der Waals surface area (Å²) in [6.45, 7) is 7.52. The maximum Gasteiger partial charge on any atom is 0.271 e. The van der Waals surface area contributed by atoms with E-state index in [0.29, 0.717) is 5.71 Å². The highest BCUT2D eigenvalue weighted by molar-refractivity contribution is 6.06. The molecule has 2 N–H and O–H groups in total. The highest BCUT2D eigenvalue weighted by Crippen LogP contribution is 2.22. The van der Waals surface area contributed by atoms with Crippen LogP contribution in [0.4, 0.5) is 10.1 Å². The van der Waals surface area contributed by atoms with Gasteiger partial charge in [0.2, 0.25) is 5.91 Å². The van der Waals surface area contributed by atoms with Crippen LogP contribution in [0.15, 0.2) is 41.5 Å². The quantitative estimate of drug-likeness (QED) is 0.631. The van der Waals surface area contributed by atoms with Crippen LogP contribution in [0.1, 0.15) is 40.4 Å². The minimum Gasteiger partial charge on any atom is -0.325 e. The molecule has 0 unspecified atom stereocenters. The summed E-state index contributed by atoms with van der Waals surface area (Å²) in [4.78, 5) is 24.1. The summed E-state index contributed by atoms with van der Waals surface area (Å²) in [6, 6.07) is 9.31.